The Labute approximate surface area is 192 Å². The van der Waals surface area contributed by atoms with Gasteiger partial charge in [0.1, 0.15) is 17.7 Å². The number of hydrogen-bond acceptors (Lipinski definition) is 6. The monoisotopic (exact) mass is 444 g/mol. The zero-order chi connectivity index (χ0) is 22.6. The van der Waals surface area contributed by atoms with Crippen molar-refractivity contribution in [2.45, 2.75) is 6.04 Å². The normalized spacial score (nSPS) is 14.3. The highest BCUT2D eigenvalue weighted by Crippen LogP contribution is 2.47. The van der Waals surface area contributed by atoms with Crippen molar-refractivity contribution in [3.05, 3.63) is 90.4 Å². The van der Waals surface area contributed by atoms with Gasteiger partial charge in [-0.2, -0.15) is 0 Å². The van der Waals surface area contributed by atoms with E-state index in [2.05, 4.69) is 41.3 Å². The molecular weight excluding hydrogens is 428 g/mol. The fourth-order valence-electron chi connectivity index (χ4n) is 4.73. The maximum absolute atomic E-state index is 13.3. The summed E-state index contributed by atoms with van der Waals surface area (Å²) < 4.78 is 0. The molecule has 6 aromatic rings. The maximum atomic E-state index is 13.3. The van der Waals surface area contributed by atoms with Gasteiger partial charge in [0.15, 0.2) is 11.3 Å². The first-order chi connectivity index (χ1) is 16.8. The lowest BCUT2D eigenvalue weighted by molar-refractivity contribution is 0.0940. The second kappa shape index (κ2) is 7.04. The quantitative estimate of drug-likeness (QED) is 0.381. The van der Waals surface area contributed by atoms with Gasteiger partial charge in [-0.3, -0.25) is 9.78 Å². The molecule has 0 saturated carbocycles. The molecule has 4 heterocycles. The van der Waals surface area contributed by atoms with E-state index in [4.69, 9.17) is 4.98 Å². The summed E-state index contributed by atoms with van der Waals surface area (Å²) in [6.45, 7) is 0. The first-order valence-corrected chi connectivity index (χ1v) is 10.7. The average molecular weight is 444 g/mol. The van der Waals surface area contributed by atoms with E-state index >= 15 is 0 Å². The lowest BCUT2D eigenvalue weighted by Crippen LogP contribution is -2.29. The Morgan fingerprint density at radius 2 is 1.82 bits per heavy atom. The van der Waals surface area contributed by atoms with Crippen LogP contribution in [0.25, 0.3) is 44.7 Å². The first-order valence-electron chi connectivity index (χ1n) is 10.7. The van der Waals surface area contributed by atoms with Crippen molar-refractivity contribution in [3.8, 4) is 22.5 Å². The van der Waals surface area contributed by atoms with Crippen LogP contribution in [0.5, 0.6) is 0 Å². The number of amides is 1. The Morgan fingerprint density at radius 3 is 2.76 bits per heavy atom. The maximum Gasteiger partial charge on any atom is 0.273 e. The predicted molar refractivity (Wildman–Crippen MR) is 126 cm³/mol. The molecule has 34 heavy (non-hydrogen) atoms. The van der Waals surface area contributed by atoms with Crippen LogP contribution in [0.1, 0.15) is 27.7 Å². The SMILES string of the molecule is O=C(N[C@@H]1c2ccccc2-c2c(-c3nc4ccncc4[nH]3)cccc21)c1ncnc2nc[nH]c12. The number of H-pyrrole nitrogens is 2. The predicted octanol–water partition coefficient (Wildman–Crippen LogP) is 3.79. The zero-order valence-corrected chi connectivity index (χ0v) is 17.6. The summed E-state index contributed by atoms with van der Waals surface area (Å²) in [6.07, 6.45) is 6.35. The largest absolute Gasteiger partial charge is 0.341 e. The third-order valence-electron chi connectivity index (χ3n) is 6.20. The van der Waals surface area contributed by atoms with Gasteiger partial charge in [-0.15, -0.1) is 0 Å². The van der Waals surface area contributed by atoms with Crippen LogP contribution < -0.4 is 5.32 Å². The molecule has 7 rings (SSSR count). The summed E-state index contributed by atoms with van der Waals surface area (Å²) >= 11 is 0. The van der Waals surface area contributed by atoms with Crippen LogP contribution in [-0.2, 0) is 0 Å². The minimum Gasteiger partial charge on any atom is -0.341 e. The zero-order valence-electron chi connectivity index (χ0n) is 17.6. The van der Waals surface area contributed by atoms with Gasteiger partial charge in [0.2, 0.25) is 0 Å². The molecule has 0 bridgehead atoms. The number of aromatic amines is 2. The van der Waals surface area contributed by atoms with Crippen molar-refractivity contribution in [2.24, 2.45) is 0 Å². The fourth-order valence-corrected chi connectivity index (χ4v) is 4.73. The molecule has 1 atom stereocenters. The van der Waals surface area contributed by atoms with E-state index in [0.717, 1.165) is 44.7 Å². The average Bonchev–Trinajstić information content (AvgIpc) is 3.60. The first kappa shape index (κ1) is 18.6. The Hall–Kier alpha value is -4.92. The lowest BCUT2D eigenvalue weighted by Gasteiger charge is -2.16. The molecule has 9 nitrogen and oxygen atoms in total. The van der Waals surface area contributed by atoms with Crippen LogP contribution >= 0.6 is 0 Å². The van der Waals surface area contributed by atoms with Crippen molar-refractivity contribution >= 4 is 28.1 Å². The number of nitrogens with one attached hydrogen (secondary N) is 3. The van der Waals surface area contributed by atoms with E-state index in [0.29, 0.717) is 11.2 Å². The van der Waals surface area contributed by atoms with Gasteiger partial charge in [-0.1, -0.05) is 42.5 Å². The summed E-state index contributed by atoms with van der Waals surface area (Å²) in [4.78, 5) is 41.1. The number of fused-ring (bicyclic) bond motifs is 5. The summed E-state index contributed by atoms with van der Waals surface area (Å²) in [5, 5.41) is 3.18. The standard InChI is InChI=1S/C25H16N8O/c34-25(22-21-24(29-11-27-21)30-12-28-22)33-20-14-5-2-1-4-13(14)19-15(20)6-3-7-16(19)23-31-17-8-9-26-10-18(17)32-23/h1-12,20H,(H,31,32)(H,33,34)(H,27,28,29,30)/t20-/m1/s1. The number of carbonyl (C=O) groups is 1. The Kier molecular flexibility index (Phi) is 3.86. The van der Waals surface area contributed by atoms with Crippen molar-refractivity contribution < 1.29 is 4.79 Å². The van der Waals surface area contributed by atoms with E-state index in [1.54, 1.807) is 12.4 Å². The summed E-state index contributed by atoms with van der Waals surface area (Å²) in [6, 6.07) is 15.7. The van der Waals surface area contributed by atoms with Crippen LogP contribution in [-0.4, -0.2) is 40.8 Å². The van der Waals surface area contributed by atoms with Gasteiger partial charge >= 0.3 is 0 Å². The van der Waals surface area contributed by atoms with Crippen molar-refractivity contribution in [1.29, 1.82) is 0 Å². The highest BCUT2D eigenvalue weighted by atomic mass is 16.2. The number of aromatic nitrogens is 7. The molecule has 0 saturated heterocycles. The van der Waals surface area contributed by atoms with Gasteiger partial charge in [0, 0.05) is 11.8 Å². The second-order valence-corrected chi connectivity index (χ2v) is 8.07. The van der Waals surface area contributed by atoms with Crippen LogP contribution in [0, 0.1) is 0 Å². The van der Waals surface area contributed by atoms with E-state index < -0.39 is 0 Å². The molecule has 1 aliphatic carbocycles. The van der Waals surface area contributed by atoms with E-state index in [9.17, 15) is 4.79 Å². The summed E-state index contributed by atoms with van der Waals surface area (Å²) in [5.41, 5.74) is 8.04. The number of nitrogens with zero attached hydrogens (tertiary/aromatic N) is 5. The molecule has 162 valence electrons. The van der Waals surface area contributed by atoms with Crippen LogP contribution in [0.3, 0.4) is 0 Å². The van der Waals surface area contributed by atoms with Crippen molar-refractivity contribution in [1.82, 2.24) is 40.2 Å². The highest BCUT2D eigenvalue weighted by molar-refractivity contribution is 6.03. The molecule has 0 unspecified atom stereocenters. The highest BCUT2D eigenvalue weighted by Gasteiger charge is 2.33. The topological polar surface area (TPSA) is 125 Å². The van der Waals surface area contributed by atoms with Crippen molar-refractivity contribution in [3.63, 3.8) is 0 Å². The van der Waals surface area contributed by atoms with Gasteiger partial charge < -0.3 is 15.3 Å². The molecule has 1 amide bonds. The fraction of sp³-hybridized carbons (Fsp3) is 0.0400. The smallest absolute Gasteiger partial charge is 0.273 e. The van der Waals surface area contributed by atoms with Gasteiger partial charge in [0.25, 0.3) is 5.91 Å². The number of rotatable bonds is 3. The van der Waals surface area contributed by atoms with E-state index in [-0.39, 0.29) is 17.6 Å². The molecule has 0 fully saturated rings. The molecular formula is C25H16N8O. The number of benzene rings is 2. The third-order valence-corrected chi connectivity index (χ3v) is 6.20. The molecule has 4 aromatic heterocycles. The molecule has 1 aliphatic rings. The van der Waals surface area contributed by atoms with E-state index in [1.807, 2.05) is 42.5 Å². The lowest BCUT2D eigenvalue weighted by atomic mass is 9.99. The molecule has 0 radical (unpaired) electrons. The number of imidazole rings is 2. The molecule has 0 aliphatic heterocycles. The number of carbonyl (C=O) groups excluding carboxylic acids is 1. The van der Waals surface area contributed by atoms with Gasteiger partial charge in [-0.25, -0.2) is 19.9 Å². The Morgan fingerprint density at radius 1 is 0.941 bits per heavy atom. The third kappa shape index (κ3) is 2.67. The van der Waals surface area contributed by atoms with Crippen LogP contribution in [0.2, 0.25) is 0 Å². The van der Waals surface area contributed by atoms with Crippen LogP contribution in [0.4, 0.5) is 0 Å². The Balaban J connectivity index is 1.36. The molecule has 2 aromatic carbocycles. The summed E-state index contributed by atoms with van der Waals surface area (Å²) in [5.74, 6) is 0.459. The van der Waals surface area contributed by atoms with Gasteiger partial charge in [-0.05, 0) is 28.3 Å². The van der Waals surface area contributed by atoms with Crippen LogP contribution in [0.15, 0.2) is 73.6 Å². The van der Waals surface area contributed by atoms with Gasteiger partial charge in [0.05, 0.1) is 29.6 Å². The molecule has 3 N–H and O–H groups in total. The second-order valence-electron chi connectivity index (χ2n) is 8.07. The Bertz CT molecular complexity index is 1700. The molecule has 9 heteroatoms. The molecule has 0 spiro atoms. The minimum absolute atomic E-state index is 0.259. The van der Waals surface area contributed by atoms with E-state index in [1.165, 1.54) is 12.7 Å². The number of pyridine rings is 1. The number of hydrogen-bond donors (Lipinski definition) is 3. The minimum atomic E-state index is -0.336. The van der Waals surface area contributed by atoms with Crippen molar-refractivity contribution in [2.75, 3.05) is 0 Å². The summed E-state index contributed by atoms with van der Waals surface area (Å²) in [7, 11) is 0.